The van der Waals surface area contributed by atoms with E-state index in [9.17, 15) is 15.2 Å². The van der Waals surface area contributed by atoms with Crippen molar-refractivity contribution in [1.29, 1.82) is 5.26 Å². The Morgan fingerprint density at radius 2 is 2.29 bits per heavy atom. The van der Waals surface area contributed by atoms with Crippen molar-refractivity contribution in [3.8, 4) is 6.07 Å². The van der Waals surface area contributed by atoms with Crippen LogP contribution in [0.1, 0.15) is 5.56 Å². The summed E-state index contributed by atoms with van der Waals surface area (Å²) in [4.78, 5) is 17.7. The molecule has 1 atom stereocenters. The van der Waals surface area contributed by atoms with Gasteiger partial charge in [0.1, 0.15) is 11.9 Å². The summed E-state index contributed by atoms with van der Waals surface area (Å²) in [7, 11) is 0. The summed E-state index contributed by atoms with van der Waals surface area (Å²) in [5.41, 5.74) is 1.24. The fraction of sp³-hybridized carbons (Fsp3) is 0.267. The Morgan fingerprint density at radius 3 is 3.05 bits per heavy atom. The van der Waals surface area contributed by atoms with Crippen LogP contribution in [-0.4, -0.2) is 40.2 Å². The van der Waals surface area contributed by atoms with Gasteiger partial charge >= 0.3 is 5.97 Å². The Bertz CT molecular complexity index is 741. The number of carboxylic acid groups (broad SMARTS) is 1. The molecule has 2 aromatic rings. The molecule has 3 rings (SSSR count). The zero-order chi connectivity index (χ0) is 14.8. The van der Waals surface area contributed by atoms with Gasteiger partial charge in [-0.25, -0.2) is 9.78 Å². The smallest absolute Gasteiger partial charge is 0.327 e. The van der Waals surface area contributed by atoms with Crippen molar-refractivity contribution in [1.82, 2.24) is 4.98 Å². The Morgan fingerprint density at radius 1 is 1.48 bits per heavy atom. The Balaban J connectivity index is 2.11. The van der Waals surface area contributed by atoms with Gasteiger partial charge in [0, 0.05) is 23.4 Å². The molecule has 0 radical (unpaired) electrons. The summed E-state index contributed by atoms with van der Waals surface area (Å²) in [5, 5.41) is 19.5. The Labute approximate surface area is 126 Å². The van der Waals surface area contributed by atoms with Crippen molar-refractivity contribution in [3.05, 3.63) is 35.9 Å². The van der Waals surface area contributed by atoms with E-state index in [2.05, 4.69) is 11.1 Å². The number of thioether (sulfide) groups is 1. The number of rotatable bonds is 2. The number of aromatic nitrogens is 1. The van der Waals surface area contributed by atoms with E-state index in [0.29, 0.717) is 29.2 Å². The molecule has 1 aromatic carbocycles. The van der Waals surface area contributed by atoms with Crippen LogP contribution in [0.15, 0.2) is 30.3 Å². The lowest BCUT2D eigenvalue weighted by Gasteiger charge is -2.33. The summed E-state index contributed by atoms with van der Waals surface area (Å²) < 4.78 is 0. The minimum Gasteiger partial charge on any atom is -0.480 e. The fourth-order valence-electron chi connectivity index (χ4n) is 2.48. The monoisotopic (exact) mass is 299 g/mol. The lowest BCUT2D eigenvalue weighted by atomic mass is 10.1. The molecule has 1 aliphatic heterocycles. The molecular formula is C15H13N3O2S. The molecule has 0 amide bonds. The first-order valence-corrected chi connectivity index (χ1v) is 7.73. The van der Waals surface area contributed by atoms with Gasteiger partial charge in [0.25, 0.3) is 0 Å². The van der Waals surface area contributed by atoms with E-state index in [1.807, 2.05) is 24.3 Å². The number of pyridine rings is 1. The number of nitrogens with zero attached hydrogens (tertiary/aromatic N) is 3. The molecule has 1 aliphatic rings. The standard InChI is InChI=1S/C15H13N3O2S/c16-8-10-7-14(17-12-4-2-1-3-11(10)12)18-5-6-21-9-13(18)15(19)20/h1-4,7,13H,5-6,9H2,(H,19,20). The molecular weight excluding hydrogens is 286 g/mol. The van der Waals surface area contributed by atoms with Gasteiger partial charge in [0.15, 0.2) is 0 Å². The number of nitriles is 1. The van der Waals surface area contributed by atoms with Crippen LogP contribution in [0, 0.1) is 11.3 Å². The van der Waals surface area contributed by atoms with E-state index in [0.717, 1.165) is 11.1 Å². The maximum Gasteiger partial charge on any atom is 0.327 e. The van der Waals surface area contributed by atoms with Crippen molar-refractivity contribution in [2.75, 3.05) is 23.0 Å². The minimum absolute atomic E-state index is 0.526. The molecule has 1 N–H and O–H groups in total. The molecule has 0 saturated carbocycles. The largest absolute Gasteiger partial charge is 0.480 e. The SMILES string of the molecule is N#Cc1cc(N2CCSCC2C(=O)O)nc2ccccc12. The highest BCUT2D eigenvalue weighted by atomic mass is 32.2. The minimum atomic E-state index is -0.851. The molecule has 0 bridgehead atoms. The van der Waals surface area contributed by atoms with Gasteiger partial charge in [-0.1, -0.05) is 18.2 Å². The number of hydrogen-bond donors (Lipinski definition) is 1. The zero-order valence-corrected chi connectivity index (χ0v) is 12.0. The molecule has 0 aliphatic carbocycles. The van der Waals surface area contributed by atoms with E-state index in [-0.39, 0.29) is 0 Å². The highest BCUT2D eigenvalue weighted by Crippen LogP contribution is 2.27. The first-order chi connectivity index (χ1) is 10.2. The number of fused-ring (bicyclic) bond motifs is 1. The van der Waals surface area contributed by atoms with E-state index in [1.165, 1.54) is 0 Å². The molecule has 2 heterocycles. The second-order valence-electron chi connectivity index (χ2n) is 4.78. The maximum absolute atomic E-state index is 11.4. The lowest BCUT2D eigenvalue weighted by molar-refractivity contribution is -0.138. The summed E-state index contributed by atoms with van der Waals surface area (Å²) >= 11 is 1.63. The summed E-state index contributed by atoms with van der Waals surface area (Å²) in [6, 6.07) is 10.7. The molecule has 0 spiro atoms. The van der Waals surface area contributed by atoms with E-state index < -0.39 is 12.0 Å². The second-order valence-corrected chi connectivity index (χ2v) is 5.93. The molecule has 6 heteroatoms. The van der Waals surface area contributed by atoms with Crippen LogP contribution < -0.4 is 4.90 Å². The third-order valence-corrected chi connectivity index (χ3v) is 4.55. The average molecular weight is 299 g/mol. The zero-order valence-electron chi connectivity index (χ0n) is 11.2. The van der Waals surface area contributed by atoms with Gasteiger partial charge in [0.2, 0.25) is 0 Å². The van der Waals surface area contributed by atoms with Crippen LogP contribution in [0.2, 0.25) is 0 Å². The number of carboxylic acids is 1. The van der Waals surface area contributed by atoms with Crippen molar-refractivity contribution in [2.24, 2.45) is 0 Å². The molecule has 1 aromatic heterocycles. The van der Waals surface area contributed by atoms with Crippen molar-refractivity contribution >= 4 is 34.5 Å². The van der Waals surface area contributed by atoms with E-state index in [4.69, 9.17) is 0 Å². The van der Waals surface area contributed by atoms with Gasteiger partial charge < -0.3 is 10.0 Å². The van der Waals surface area contributed by atoms with Crippen LogP contribution in [0.4, 0.5) is 5.82 Å². The second kappa shape index (κ2) is 5.62. The summed E-state index contributed by atoms with van der Waals surface area (Å²) in [6.07, 6.45) is 0. The van der Waals surface area contributed by atoms with Crippen molar-refractivity contribution in [3.63, 3.8) is 0 Å². The number of carbonyl (C=O) groups is 1. The lowest BCUT2D eigenvalue weighted by Crippen LogP contribution is -2.47. The van der Waals surface area contributed by atoms with E-state index >= 15 is 0 Å². The normalized spacial score (nSPS) is 18.4. The first-order valence-electron chi connectivity index (χ1n) is 6.58. The average Bonchev–Trinajstić information content (AvgIpc) is 2.53. The van der Waals surface area contributed by atoms with Gasteiger partial charge in [-0.3, -0.25) is 0 Å². The Kier molecular flexibility index (Phi) is 3.67. The van der Waals surface area contributed by atoms with Gasteiger partial charge in [0.05, 0.1) is 17.1 Å². The number of hydrogen-bond acceptors (Lipinski definition) is 5. The summed E-state index contributed by atoms with van der Waals surface area (Å²) in [6.45, 7) is 0.623. The highest BCUT2D eigenvalue weighted by Gasteiger charge is 2.30. The van der Waals surface area contributed by atoms with Gasteiger partial charge in [-0.05, 0) is 12.1 Å². The van der Waals surface area contributed by atoms with Crippen LogP contribution in [0.3, 0.4) is 0 Å². The number of aliphatic carboxylic acids is 1. The third kappa shape index (κ3) is 2.52. The number of benzene rings is 1. The van der Waals surface area contributed by atoms with Gasteiger partial charge in [-0.2, -0.15) is 17.0 Å². The topological polar surface area (TPSA) is 77.2 Å². The van der Waals surface area contributed by atoms with Crippen LogP contribution in [0.25, 0.3) is 10.9 Å². The third-order valence-electron chi connectivity index (χ3n) is 3.53. The molecule has 106 valence electrons. The quantitative estimate of drug-likeness (QED) is 0.915. The number of para-hydroxylation sites is 1. The molecule has 1 fully saturated rings. The van der Waals surface area contributed by atoms with Crippen molar-refractivity contribution in [2.45, 2.75) is 6.04 Å². The molecule has 5 nitrogen and oxygen atoms in total. The predicted molar refractivity (Wildman–Crippen MR) is 82.6 cm³/mol. The maximum atomic E-state index is 11.4. The van der Waals surface area contributed by atoms with Crippen molar-refractivity contribution < 1.29 is 9.90 Å². The predicted octanol–water partition coefficient (Wildman–Crippen LogP) is 2.11. The molecule has 1 saturated heterocycles. The Hall–Kier alpha value is -2.26. The summed E-state index contributed by atoms with van der Waals surface area (Å²) in [5.74, 6) is 1.11. The van der Waals surface area contributed by atoms with Gasteiger partial charge in [-0.15, -0.1) is 0 Å². The molecule has 1 unspecified atom stereocenters. The number of anilines is 1. The van der Waals surface area contributed by atoms with Crippen LogP contribution in [0.5, 0.6) is 0 Å². The highest BCUT2D eigenvalue weighted by molar-refractivity contribution is 7.99. The van der Waals surface area contributed by atoms with E-state index in [1.54, 1.807) is 22.7 Å². The van der Waals surface area contributed by atoms with Crippen LogP contribution >= 0.6 is 11.8 Å². The first kappa shape index (κ1) is 13.7. The van der Waals surface area contributed by atoms with Crippen LogP contribution in [-0.2, 0) is 4.79 Å². The fourth-order valence-corrected chi connectivity index (χ4v) is 3.52. The molecule has 21 heavy (non-hydrogen) atoms.